The number of carbonyl (C=O) groups excluding carboxylic acids is 2. The Morgan fingerprint density at radius 3 is 2.64 bits per heavy atom. The molecule has 1 N–H and O–H groups in total. The van der Waals surface area contributed by atoms with Crippen LogP contribution in [0.4, 0.5) is 4.79 Å². The summed E-state index contributed by atoms with van der Waals surface area (Å²) < 4.78 is 11.9. The highest BCUT2D eigenvalue weighted by Crippen LogP contribution is 2.25. The lowest BCUT2D eigenvalue weighted by molar-refractivity contribution is 0.0504. The number of ether oxygens (including phenoxy) is 2. The van der Waals surface area contributed by atoms with Gasteiger partial charge in [0.2, 0.25) is 5.28 Å². The molecule has 152 valence electrons. The monoisotopic (exact) mass is 408 g/mol. The number of carbonyl (C=O) groups is 2. The highest BCUT2D eigenvalue weighted by atomic mass is 35.5. The molecule has 0 saturated carbocycles. The van der Waals surface area contributed by atoms with Crippen molar-refractivity contribution in [2.75, 3.05) is 7.11 Å². The Morgan fingerprint density at radius 1 is 1.36 bits per heavy atom. The maximum Gasteiger partial charge on any atom is 0.407 e. The molecule has 8 nitrogen and oxygen atoms in total. The number of hydrogen-bond donors (Lipinski definition) is 1. The number of methoxy groups -OCH3 is 1. The second-order valence-electron chi connectivity index (χ2n) is 7.48. The number of aromatic nitrogens is 3. The van der Waals surface area contributed by atoms with Gasteiger partial charge in [0, 0.05) is 30.5 Å². The van der Waals surface area contributed by atoms with E-state index in [1.807, 2.05) is 13.8 Å². The molecule has 1 atom stereocenters. The number of hydrogen-bond acceptors (Lipinski definition) is 6. The average molecular weight is 409 g/mol. The zero-order valence-corrected chi connectivity index (χ0v) is 17.6. The third-order valence-corrected chi connectivity index (χ3v) is 3.92. The van der Waals surface area contributed by atoms with Gasteiger partial charge in [0.05, 0.1) is 12.8 Å². The van der Waals surface area contributed by atoms with Crippen LogP contribution in [0.3, 0.4) is 0 Å². The second-order valence-corrected chi connectivity index (χ2v) is 7.81. The van der Waals surface area contributed by atoms with Crippen molar-refractivity contribution in [3.63, 3.8) is 0 Å². The first kappa shape index (κ1) is 21.7. The van der Waals surface area contributed by atoms with E-state index in [0.717, 1.165) is 5.56 Å². The van der Waals surface area contributed by atoms with Gasteiger partial charge in [0.1, 0.15) is 11.3 Å². The van der Waals surface area contributed by atoms with E-state index in [1.165, 1.54) is 7.11 Å². The largest absolute Gasteiger partial charge is 0.464 e. The summed E-state index contributed by atoms with van der Waals surface area (Å²) in [7, 11) is 1.31. The standard InChI is InChI=1S/C19H25ClN4O4/c1-11-8-21-17(20)23-15(11)13-7-14(16(25)27-6)24(10-13)9-12(2)22-18(26)28-19(3,4)5/h7-8,10,12H,9H2,1-6H3,(H,22,26). The summed E-state index contributed by atoms with van der Waals surface area (Å²) >= 11 is 5.92. The van der Waals surface area contributed by atoms with Gasteiger partial charge in [0.25, 0.3) is 0 Å². The van der Waals surface area contributed by atoms with E-state index in [9.17, 15) is 9.59 Å². The number of halogens is 1. The third kappa shape index (κ3) is 5.69. The third-order valence-electron chi connectivity index (χ3n) is 3.74. The molecule has 28 heavy (non-hydrogen) atoms. The Bertz CT molecular complexity index is 873. The van der Waals surface area contributed by atoms with E-state index in [-0.39, 0.29) is 11.3 Å². The van der Waals surface area contributed by atoms with E-state index in [1.54, 1.807) is 43.8 Å². The maximum absolute atomic E-state index is 12.2. The first-order valence-corrected chi connectivity index (χ1v) is 9.15. The number of esters is 1. The quantitative estimate of drug-likeness (QED) is 0.599. The van der Waals surface area contributed by atoms with Crippen LogP contribution < -0.4 is 5.32 Å². The summed E-state index contributed by atoms with van der Waals surface area (Å²) in [6.07, 6.45) is 2.86. The highest BCUT2D eigenvalue weighted by molar-refractivity contribution is 6.28. The van der Waals surface area contributed by atoms with Crippen molar-refractivity contribution >= 4 is 23.7 Å². The molecule has 0 aromatic carbocycles. The van der Waals surface area contributed by atoms with Crippen molar-refractivity contribution in [2.45, 2.75) is 52.8 Å². The van der Waals surface area contributed by atoms with Crippen LogP contribution >= 0.6 is 11.6 Å². The molecule has 0 aliphatic rings. The van der Waals surface area contributed by atoms with Gasteiger partial charge < -0.3 is 19.4 Å². The fourth-order valence-corrected chi connectivity index (χ4v) is 2.76. The summed E-state index contributed by atoms with van der Waals surface area (Å²) in [5, 5.41) is 2.88. The van der Waals surface area contributed by atoms with Gasteiger partial charge in [-0.25, -0.2) is 19.6 Å². The minimum absolute atomic E-state index is 0.118. The van der Waals surface area contributed by atoms with Gasteiger partial charge in [0.15, 0.2) is 0 Å². The topological polar surface area (TPSA) is 95.3 Å². The van der Waals surface area contributed by atoms with Gasteiger partial charge in [-0.05, 0) is 57.8 Å². The normalized spacial score (nSPS) is 12.4. The van der Waals surface area contributed by atoms with Crippen molar-refractivity contribution in [2.24, 2.45) is 0 Å². The summed E-state index contributed by atoms with van der Waals surface area (Å²) in [6, 6.07) is 1.38. The molecule has 2 aromatic heterocycles. The molecule has 0 aliphatic carbocycles. The van der Waals surface area contributed by atoms with E-state index in [2.05, 4.69) is 15.3 Å². The van der Waals surface area contributed by atoms with Crippen molar-refractivity contribution in [3.8, 4) is 11.3 Å². The van der Waals surface area contributed by atoms with Crippen LogP contribution in [0.2, 0.25) is 5.28 Å². The summed E-state index contributed by atoms with van der Waals surface area (Å²) in [4.78, 5) is 32.4. The molecule has 0 aliphatic heterocycles. The van der Waals surface area contributed by atoms with Crippen molar-refractivity contribution < 1.29 is 19.1 Å². The number of alkyl carbamates (subject to hydrolysis) is 1. The molecule has 0 fully saturated rings. The molecular weight excluding hydrogens is 384 g/mol. The fourth-order valence-electron chi connectivity index (χ4n) is 2.63. The second kappa shape index (κ2) is 8.60. The molecule has 0 bridgehead atoms. The van der Waals surface area contributed by atoms with Gasteiger partial charge >= 0.3 is 12.1 Å². The zero-order valence-electron chi connectivity index (χ0n) is 16.9. The number of amides is 1. The highest BCUT2D eigenvalue weighted by Gasteiger charge is 2.21. The average Bonchev–Trinajstić information content (AvgIpc) is 2.97. The molecule has 2 aromatic rings. The first-order valence-electron chi connectivity index (χ1n) is 8.77. The summed E-state index contributed by atoms with van der Waals surface area (Å²) in [5.74, 6) is -0.492. The lowest BCUT2D eigenvalue weighted by Crippen LogP contribution is -2.39. The van der Waals surface area contributed by atoms with Crippen LogP contribution in [0, 0.1) is 6.92 Å². The van der Waals surface area contributed by atoms with Gasteiger partial charge in [-0.1, -0.05) is 0 Å². The Labute approximate surface area is 169 Å². The van der Waals surface area contributed by atoms with E-state index < -0.39 is 17.7 Å². The van der Waals surface area contributed by atoms with Crippen LogP contribution in [-0.2, 0) is 16.0 Å². The summed E-state index contributed by atoms with van der Waals surface area (Å²) in [6.45, 7) is 9.38. The number of nitrogens with zero attached hydrogens (tertiary/aromatic N) is 3. The molecule has 0 saturated heterocycles. The van der Waals surface area contributed by atoms with Gasteiger partial charge in [-0.2, -0.15) is 0 Å². The number of aryl methyl sites for hydroxylation is 1. The molecule has 9 heteroatoms. The molecule has 1 unspecified atom stereocenters. The Balaban J connectivity index is 2.28. The van der Waals surface area contributed by atoms with Crippen molar-refractivity contribution in [1.29, 1.82) is 0 Å². The SMILES string of the molecule is COC(=O)c1cc(-c2nc(Cl)ncc2C)cn1CC(C)NC(=O)OC(C)(C)C. The molecule has 0 spiro atoms. The van der Waals surface area contributed by atoms with Gasteiger partial charge in [-0.15, -0.1) is 0 Å². The van der Waals surface area contributed by atoms with Crippen molar-refractivity contribution in [1.82, 2.24) is 19.9 Å². The number of nitrogens with one attached hydrogen (secondary N) is 1. The Kier molecular flexibility index (Phi) is 6.66. The van der Waals surface area contributed by atoms with Crippen LogP contribution in [-0.4, -0.2) is 45.4 Å². The van der Waals surface area contributed by atoms with Crippen LogP contribution in [0.15, 0.2) is 18.5 Å². The maximum atomic E-state index is 12.2. The van der Waals surface area contributed by atoms with Crippen molar-refractivity contribution in [3.05, 3.63) is 35.0 Å². The minimum Gasteiger partial charge on any atom is -0.464 e. The predicted octanol–water partition coefficient (Wildman–Crippen LogP) is 3.61. The molecule has 2 rings (SSSR count). The van der Waals surface area contributed by atoms with Gasteiger partial charge in [-0.3, -0.25) is 0 Å². The van der Waals surface area contributed by atoms with Crippen LogP contribution in [0.25, 0.3) is 11.3 Å². The van der Waals surface area contributed by atoms with E-state index in [4.69, 9.17) is 21.1 Å². The van der Waals surface area contributed by atoms with Crippen LogP contribution in [0.1, 0.15) is 43.7 Å². The molecule has 0 radical (unpaired) electrons. The smallest absolute Gasteiger partial charge is 0.407 e. The Morgan fingerprint density at radius 2 is 2.04 bits per heavy atom. The summed E-state index contributed by atoms with van der Waals surface area (Å²) in [5.41, 5.74) is 1.89. The Hall–Kier alpha value is -2.61. The molecule has 2 heterocycles. The lowest BCUT2D eigenvalue weighted by Gasteiger charge is -2.22. The number of rotatable bonds is 5. The van der Waals surface area contributed by atoms with E-state index >= 15 is 0 Å². The predicted molar refractivity (Wildman–Crippen MR) is 105 cm³/mol. The first-order chi connectivity index (χ1) is 13.0. The molecule has 1 amide bonds. The minimum atomic E-state index is -0.592. The fraction of sp³-hybridized carbons (Fsp3) is 0.474. The van der Waals surface area contributed by atoms with Crippen LogP contribution in [0.5, 0.6) is 0 Å². The lowest BCUT2D eigenvalue weighted by atomic mass is 10.1. The van der Waals surface area contributed by atoms with E-state index in [0.29, 0.717) is 23.5 Å². The zero-order chi connectivity index (χ0) is 21.1. The molecular formula is C19H25ClN4O4.